The Morgan fingerprint density at radius 3 is 2.73 bits per heavy atom. The molecule has 2 heteroatoms. The van der Waals surface area contributed by atoms with E-state index in [1.165, 1.54) is 32.1 Å². The van der Waals surface area contributed by atoms with Gasteiger partial charge in [-0.2, -0.15) is 9.83 Å². The molecule has 1 heterocycles. The van der Waals surface area contributed by atoms with Crippen molar-refractivity contribution in [2.24, 2.45) is 0 Å². The number of unbranched alkanes of at least 4 members (excludes halogenated alkanes) is 4. The van der Waals surface area contributed by atoms with Crippen molar-refractivity contribution in [2.45, 2.75) is 45.6 Å². The molecule has 0 fully saturated rings. The minimum atomic E-state index is 0.757. The lowest BCUT2D eigenvalue weighted by molar-refractivity contribution is -0.699. The molecule has 0 aliphatic rings. The van der Waals surface area contributed by atoms with E-state index in [1.54, 1.807) is 0 Å². The van der Waals surface area contributed by atoms with Crippen LogP contribution in [0.5, 0.6) is 0 Å². The molecule has 0 N–H and O–H groups in total. The quantitative estimate of drug-likeness (QED) is 0.516. The molecule has 0 aliphatic heterocycles. The van der Waals surface area contributed by atoms with E-state index in [9.17, 15) is 0 Å². The van der Waals surface area contributed by atoms with Crippen molar-refractivity contribution in [3.8, 4) is 6.07 Å². The fourth-order valence-electron chi connectivity index (χ4n) is 1.66. The molecule has 0 aromatic carbocycles. The summed E-state index contributed by atoms with van der Waals surface area (Å²) in [5, 5.41) is 8.89. The molecule has 0 spiro atoms. The number of nitriles is 1. The van der Waals surface area contributed by atoms with Crippen LogP contribution >= 0.6 is 0 Å². The second kappa shape index (κ2) is 7.00. The van der Waals surface area contributed by atoms with E-state index in [1.807, 2.05) is 29.0 Å². The fraction of sp³-hybridized carbons (Fsp3) is 0.538. The van der Waals surface area contributed by atoms with E-state index < -0.39 is 0 Å². The predicted molar refractivity (Wildman–Crippen MR) is 60.1 cm³/mol. The molecule has 80 valence electrons. The molecule has 0 radical (unpaired) electrons. The van der Waals surface area contributed by atoms with Crippen molar-refractivity contribution in [3.63, 3.8) is 0 Å². The topological polar surface area (TPSA) is 27.7 Å². The van der Waals surface area contributed by atoms with Crippen molar-refractivity contribution in [2.75, 3.05) is 0 Å². The molecule has 1 aromatic heterocycles. The summed E-state index contributed by atoms with van der Waals surface area (Å²) >= 11 is 0. The van der Waals surface area contributed by atoms with E-state index in [2.05, 4.69) is 13.0 Å². The largest absolute Gasteiger partial charge is 0.283 e. The highest BCUT2D eigenvalue weighted by Gasteiger charge is 2.06. The van der Waals surface area contributed by atoms with E-state index in [4.69, 9.17) is 5.26 Å². The molecule has 0 aliphatic carbocycles. The van der Waals surface area contributed by atoms with Crippen LogP contribution < -0.4 is 4.57 Å². The van der Waals surface area contributed by atoms with Crippen LogP contribution in [0.3, 0.4) is 0 Å². The van der Waals surface area contributed by atoms with Gasteiger partial charge in [0.15, 0.2) is 12.3 Å². The summed E-state index contributed by atoms with van der Waals surface area (Å²) < 4.78 is 2.03. The summed E-state index contributed by atoms with van der Waals surface area (Å²) in [6, 6.07) is 7.97. The van der Waals surface area contributed by atoms with Gasteiger partial charge in [-0.25, -0.2) is 0 Å². The lowest BCUT2D eigenvalue weighted by Crippen LogP contribution is -2.36. The van der Waals surface area contributed by atoms with Gasteiger partial charge in [0.1, 0.15) is 6.54 Å². The third-order valence-corrected chi connectivity index (χ3v) is 2.56. The molecular weight excluding hydrogens is 184 g/mol. The van der Waals surface area contributed by atoms with Gasteiger partial charge in [-0.1, -0.05) is 26.2 Å². The van der Waals surface area contributed by atoms with Gasteiger partial charge in [-0.15, -0.1) is 0 Å². The maximum absolute atomic E-state index is 8.89. The van der Waals surface area contributed by atoms with Crippen LogP contribution in [0.25, 0.3) is 0 Å². The summed E-state index contributed by atoms with van der Waals surface area (Å²) in [6.45, 7) is 3.19. The van der Waals surface area contributed by atoms with Gasteiger partial charge in [-0.05, 0) is 12.5 Å². The number of hydrogen-bond acceptors (Lipinski definition) is 1. The molecule has 0 saturated carbocycles. The Morgan fingerprint density at radius 1 is 1.20 bits per heavy atom. The molecular formula is C13H19N2+. The van der Waals surface area contributed by atoms with Gasteiger partial charge >= 0.3 is 0 Å². The SMILES string of the molecule is CCCCCCC[n+]1ccccc1C#N. The van der Waals surface area contributed by atoms with E-state index >= 15 is 0 Å². The standard InChI is InChI=1S/C13H19N2/c1-2-3-4-5-7-10-15-11-8-6-9-13(15)12-14/h6,8-9,11H,2-5,7,10H2,1H3/q+1. The van der Waals surface area contributed by atoms with E-state index in [0.29, 0.717) is 0 Å². The molecule has 1 rings (SSSR count). The number of pyridine rings is 1. The Hall–Kier alpha value is -1.36. The molecule has 0 saturated heterocycles. The van der Waals surface area contributed by atoms with Crippen LogP contribution in [0.1, 0.15) is 44.7 Å². The Kier molecular flexibility index (Phi) is 5.47. The summed E-state index contributed by atoms with van der Waals surface area (Å²) in [4.78, 5) is 0. The smallest absolute Gasteiger partial charge is 0.190 e. The number of nitrogens with zero attached hydrogens (tertiary/aromatic N) is 2. The van der Waals surface area contributed by atoms with Crippen LogP contribution in [-0.4, -0.2) is 0 Å². The van der Waals surface area contributed by atoms with E-state index in [-0.39, 0.29) is 0 Å². The van der Waals surface area contributed by atoms with Crippen LogP contribution in [0.15, 0.2) is 24.4 Å². The van der Waals surface area contributed by atoms with Crippen molar-refractivity contribution in [3.05, 3.63) is 30.1 Å². The zero-order valence-electron chi connectivity index (χ0n) is 9.45. The maximum atomic E-state index is 8.89. The number of rotatable bonds is 6. The minimum Gasteiger partial charge on any atom is -0.190 e. The average molecular weight is 203 g/mol. The zero-order chi connectivity index (χ0) is 10.9. The van der Waals surface area contributed by atoms with Gasteiger partial charge in [0.2, 0.25) is 0 Å². The maximum Gasteiger partial charge on any atom is 0.283 e. The third kappa shape index (κ3) is 4.12. The molecule has 2 nitrogen and oxygen atoms in total. The summed E-state index contributed by atoms with van der Waals surface area (Å²) in [5.41, 5.74) is 0.757. The monoisotopic (exact) mass is 203 g/mol. The average Bonchev–Trinajstić information content (AvgIpc) is 2.29. The Balaban J connectivity index is 2.34. The normalized spacial score (nSPS) is 9.87. The molecule has 0 bridgehead atoms. The fourth-order valence-corrected chi connectivity index (χ4v) is 1.66. The second-order valence-corrected chi connectivity index (χ2v) is 3.81. The van der Waals surface area contributed by atoms with Crippen molar-refractivity contribution in [1.29, 1.82) is 5.26 Å². The zero-order valence-corrected chi connectivity index (χ0v) is 9.45. The first-order chi connectivity index (χ1) is 7.38. The van der Waals surface area contributed by atoms with Gasteiger partial charge in [0, 0.05) is 18.6 Å². The predicted octanol–water partition coefficient (Wildman–Crippen LogP) is 2.82. The molecule has 0 amide bonds. The van der Waals surface area contributed by atoms with Gasteiger partial charge in [-0.3, -0.25) is 0 Å². The Labute approximate surface area is 92.2 Å². The summed E-state index contributed by atoms with van der Waals surface area (Å²) in [5.74, 6) is 0. The highest BCUT2D eigenvalue weighted by atomic mass is 14.9. The highest BCUT2D eigenvalue weighted by molar-refractivity contribution is 5.12. The van der Waals surface area contributed by atoms with Crippen molar-refractivity contribution < 1.29 is 4.57 Å². The van der Waals surface area contributed by atoms with Crippen molar-refractivity contribution in [1.82, 2.24) is 0 Å². The molecule has 0 unspecified atom stereocenters. The first-order valence-electron chi connectivity index (χ1n) is 5.77. The van der Waals surface area contributed by atoms with Crippen LogP contribution in [-0.2, 0) is 6.54 Å². The second-order valence-electron chi connectivity index (χ2n) is 3.81. The van der Waals surface area contributed by atoms with Gasteiger partial charge in [0.25, 0.3) is 5.69 Å². The van der Waals surface area contributed by atoms with Crippen molar-refractivity contribution >= 4 is 0 Å². The number of hydrogen-bond donors (Lipinski definition) is 0. The Bertz CT molecular complexity index is 326. The Morgan fingerprint density at radius 2 is 2.00 bits per heavy atom. The number of aromatic nitrogens is 1. The van der Waals surface area contributed by atoms with Crippen LogP contribution in [0.2, 0.25) is 0 Å². The van der Waals surface area contributed by atoms with Crippen LogP contribution in [0, 0.1) is 11.3 Å². The third-order valence-electron chi connectivity index (χ3n) is 2.56. The molecule has 15 heavy (non-hydrogen) atoms. The number of aryl methyl sites for hydroxylation is 1. The lowest BCUT2D eigenvalue weighted by atomic mass is 10.1. The first-order valence-corrected chi connectivity index (χ1v) is 5.77. The highest BCUT2D eigenvalue weighted by Crippen LogP contribution is 2.02. The minimum absolute atomic E-state index is 0.757. The van der Waals surface area contributed by atoms with Gasteiger partial charge in [0.05, 0.1) is 0 Å². The van der Waals surface area contributed by atoms with Gasteiger partial charge < -0.3 is 0 Å². The summed E-state index contributed by atoms with van der Waals surface area (Å²) in [7, 11) is 0. The van der Waals surface area contributed by atoms with E-state index in [0.717, 1.165) is 12.2 Å². The molecule has 1 aromatic rings. The molecule has 0 atom stereocenters. The summed E-state index contributed by atoms with van der Waals surface area (Å²) in [6.07, 6.45) is 8.33. The van der Waals surface area contributed by atoms with Crippen LogP contribution in [0.4, 0.5) is 0 Å². The lowest BCUT2D eigenvalue weighted by Gasteiger charge is -1.98. The first kappa shape index (κ1) is 11.7.